The van der Waals surface area contributed by atoms with Crippen LogP contribution < -0.4 is 4.74 Å². The maximum absolute atomic E-state index is 12.4. The monoisotopic (exact) mass is 432 g/mol. The normalized spacial score (nSPS) is 14.2. The van der Waals surface area contributed by atoms with Gasteiger partial charge in [-0.2, -0.15) is 0 Å². The van der Waals surface area contributed by atoms with Gasteiger partial charge in [-0.25, -0.2) is 0 Å². The van der Waals surface area contributed by atoms with Crippen molar-refractivity contribution in [3.63, 3.8) is 0 Å². The summed E-state index contributed by atoms with van der Waals surface area (Å²) in [6.45, 7) is 6.52. The minimum atomic E-state index is -0.429. The van der Waals surface area contributed by atoms with Crippen molar-refractivity contribution in [1.82, 2.24) is 0 Å². The van der Waals surface area contributed by atoms with E-state index in [9.17, 15) is 9.90 Å². The van der Waals surface area contributed by atoms with Gasteiger partial charge in [0.05, 0.1) is 12.5 Å². The van der Waals surface area contributed by atoms with Gasteiger partial charge >= 0.3 is 5.97 Å². The van der Waals surface area contributed by atoms with Crippen molar-refractivity contribution in [3.8, 4) is 5.75 Å². The molecule has 0 radical (unpaired) electrons. The molecular weight excluding hydrogens is 384 g/mol. The zero-order chi connectivity index (χ0) is 22.7. The number of aliphatic hydroxyl groups excluding tert-OH is 1. The van der Waals surface area contributed by atoms with Crippen LogP contribution in [0.2, 0.25) is 0 Å². The number of carbonyl (C=O) groups excluding carboxylic acids is 1. The molecule has 0 aliphatic rings. The Morgan fingerprint density at radius 1 is 0.839 bits per heavy atom. The van der Waals surface area contributed by atoms with Gasteiger partial charge in [0.15, 0.2) is 0 Å². The van der Waals surface area contributed by atoms with E-state index in [2.05, 4.69) is 20.8 Å². The summed E-state index contributed by atoms with van der Waals surface area (Å²) in [4.78, 5) is 12.4. The molecule has 3 atom stereocenters. The highest BCUT2D eigenvalue weighted by atomic mass is 16.5. The van der Waals surface area contributed by atoms with Crippen molar-refractivity contribution in [2.24, 2.45) is 11.8 Å². The number of benzene rings is 1. The Bertz CT molecular complexity index is 542. The Hall–Kier alpha value is -1.35. The molecule has 0 amide bonds. The molecule has 1 rings (SSSR count). The Morgan fingerprint density at radius 2 is 1.35 bits per heavy atom. The third kappa shape index (κ3) is 13.6. The second kappa shape index (κ2) is 18.2. The van der Waals surface area contributed by atoms with Crippen LogP contribution in [0.3, 0.4) is 0 Å². The summed E-state index contributed by atoms with van der Waals surface area (Å²) in [6, 6.07) is 9.20. The lowest BCUT2D eigenvalue weighted by atomic mass is 9.82. The standard InChI is InChI=1S/C28H48O3/c1-4-6-7-8-9-10-11-12-13-14-15-19-22-27(29)26(24(3)5-2)23-28(30)31-25-20-17-16-18-21-25/h16-18,20-21,24,26-27,29H,4-15,19,22-23H2,1-3H3. The van der Waals surface area contributed by atoms with Crippen molar-refractivity contribution in [3.05, 3.63) is 30.3 Å². The molecule has 178 valence electrons. The highest BCUT2D eigenvalue weighted by Crippen LogP contribution is 2.27. The number of hydrogen-bond acceptors (Lipinski definition) is 3. The SMILES string of the molecule is CCCCCCCCCCCCCCC(O)C(CC(=O)Oc1ccccc1)C(C)CC. The van der Waals surface area contributed by atoms with Crippen molar-refractivity contribution in [2.45, 2.75) is 123 Å². The van der Waals surface area contributed by atoms with Gasteiger partial charge in [-0.1, -0.05) is 122 Å². The van der Waals surface area contributed by atoms with E-state index >= 15 is 0 Å². The fourth-order valence-electron chi connectivity index (χ4n) is 4.28. The van der Waals surface area contributed by atoms with Gasteiger partial charge in [-0.15, -0.1) is 0 Å². The number of hydrogen-bond donors (Lipinski definition) is 1. The lowest BCUT2D eigenvalue weighted by Gasteiger charge is -2.27. The average Bonchev–Trinajstić information content (AvgIpc) is 2.78. The van der Waals surface area contributed by atoms with E-state index in [-0.39, 0.29) is 18.3 Å². The van der Waals surface area contributed by atoms with Crippen LogP contribution in [-0.2, 0) is 4.79 Å². The van der Waals surface area contributed by atoms with E-state index < -0.39 is 6.10 Å². The number of unbranched alkanes of at least 4 members (excludes halogenated alkanes) is 11. The first kappa shape index (κ1) is 27.7. The number of rotatable bonds is 19. The Labute approximate surface area is 192 Å². The van der Waals surface area contributed by atoms with Crippen LogP contribution in [0, 0.1) is 11.8 Å². The van der Waals surface area contributed by atoms with Gasteiger partial charge < -0.3 is 9.84 Å². The molecule has 0 aliphatic heterocycles. The predicted octanol–water partition coefficient (Wildman–Crippen LogP) is 8.10. The fraction of sp³-hybridized carbons (Fsp3) is 0.750. The first-order chi connectivity index (χ1) is 15.1. The minimum Gasteiger partial charge on any atom is -0.427 e. The molecule has 0 heterocycles. The smallest absolute Gasteiger partial charge is 0.311 e. The van der Waals surface area contributed by atoms with Crippen molar-refractivity contribution in [1.29, 1.82) is 0 Å². The summed E-state index contributed by atoms with van der Waals surface area (Å²) in [5.41, 5.74) is 0. The molecule has 0 bridgehead atoms. The Kier molecular flexibility index (Phi) is 16.3. The van der Waals surface area contributed by atoms with Crippen molar-refractivity contribution in [2.75, 3.05) is 0 Å². The molecule has 3 nitrogen and oxygen atoms in total. The van der Waals surface area contributed by atoms with E-state index in [0.29, 0.717) is 11.7 Å². The lowest BCUT2D eigenvalue weighted by molar-refractivity contribution is -0.137. The zero-order valence-corrected chi connectivity index (χ0v) is 20.5. The molecule has 0 fully saturated rings. The van der Waals surface area contributed by atoms with Crippen LogP contribution in [-0.4, -0.2) is 17.2 Å². The van der Waals surface area contributed by atoms with Crippen LogP contribution in [0.1, 0.15) is 117 Å². The number of ether oxygens (including phenoxy) is 1. The topological polar surface area (TPSA) is 46.5 Å². The largest absolute Gasteiger partial charge is 0.427 e. The van der Waals surface area contributed by atoms with E-state index in [1.54, 1.807) is 12.1 Å². The molecule has 3 unspecified atom stereocenters. The molecule has 3 heteroatoms. The maximum atomic E-state index is 12.4. The van der Waals surface area contributed by atoms with Gasteiger partial charge in [-0.3, -0.25) is 4.79 Å². The highest BCUT2D eigenvalue weighted by Gasteiger charge is 2.27. The molecule has 1 N–H and O–H groups in total. The molecule has 31 heavy (non-hydrogen) atoms. The third-order valence-electron chi connectivity index (χ3n) is 6.60. The van der Waals surface area contributed by atoms with Gasteiger partial charge in [0.25, 0.3) is 0 Å². The first-order valence-electron chi connectivity index (χ1n) is 13.0. The molecule has 1 aromatic carbocycles. The summed E-state index contributed by atoms with van der Waals surface area (Å²) in [6.07, 6.45) is 17.4. The molecule has 0 saturated carbocycles. The zero-order valence-electron chi connectivity index (χ0n) is 20.5. The third-order valence-corrected chi connectivity index (χ3v) is 6.60. The van der Waals surface area contributed by atoms with Crippen LogP contribution >= 0.6 is 0 Å². The van der Waals surface area contributed by atoms with Crippen molar-refractivity contribution >= 4 is 5.97 Å². The molecule has 1 aromatic rings. The van der Waals surface area contributed by atoms with Crippen LogP contribution in [0.25, 0.3) is 0 Å². The van der Waals surface area contributed by atoms with Crippen LogP contribution in [0.15, 0.2) is 30.3 Å². The highest BCUT2D eigenvalue weighted by molar-refractivity contribution is 5.72. The lowest BCUT2D eigenvalue weighted by Crippen LogP contribution is -2.30. The first-order valence-corrected chi connectivity index (χ1v) is 13.0. The maximum Gasteiger partial charge on any atom is 0.311 e. The Balaban J connectivity index is 2.19. The average molecular weight is 433 g/mol. The molecule has 0 aromatic heterocycles. The number of aliphatic hydroxyl groups is 1. The Morgan fingerprint density at radius 3 is 1.87 bits per heavy atom. The van der Waals surface area contributed by atoms with E-state index in [4.69, 9.17) is 4.74 Å². The number of esters is 1. The molecular formula is C28H48O3. The second-order valence-electron chi connectivity index (χ2n) is 9.29. The van der Waals surface area contributed by atoms with Gasteiger partial charge in [0.2, 0.25) is 0 Å². The quantitative estimate of drug-likeness (QED) is 0.136. The van der Waals surface area contributed by atoms with E-state index in [0.717, 1.165) is 19.3 Å². The molecule has 0 spiro atoms. The predicted molar refractivity (Wildman–Crippen MR) is 131 cm³/mol. The fourth-order valence-corrected chi connectivity index (χ4v) is 4.28. The molecule has 0 saturated heterocycles. The molecule has 0 aliphatic carbocycles. The minimum absolute atomic E-state index is 0.0334. The number of para-hydroxylation sites is 1. The van der Waals surface area contributed by atoms with Gasteiger partial charge in [0, 0.05) is 0 Å². The van der Waals surface area contributed by atoms with E-state index in [1.807, 2.05) is 18.2 Å². The van der Waals surface area contributed by atoms with Gasteiger partial charge in [0.1, 0.15) is 5.75 Å². The number of carbonyl (C=O) groups is 1. The van der Waals surface area contributed by atoms with Gasteiger partial charge in [-0.05, 0) is 30.4 Å². The van der Waals surface area contributed by atoms with Crippen LogP contribution in [0.5, 0.6) is 5.75 Å². The van der Waals surface area contributed by atoms with Crippen LogP contribution in [0.4, 0.5) is 0 Å². The summed E-state index contributed by atoms with van der Waals surface area (Å²) in [7, 11) is 0. The second-order valence-corrected chi connectivity index (χ2v) is 9.29. The summed E-state index contributed by atoms with van der Waals surface area (Å²) in [5, 5.41) is 10.8. The summed E-state index contributed by atoms with van der Waals surface area (Å²) < 4.78 is 5.46. The van der Waals surface area contributed by atoms with Crippen molar-refractivity contribution < 1.29 is 14.6 Å². The summed E-state index contributed by atoms with van der Waals surface area (Å²) >= 11 is 0. The summed E-state index contributed by atoms with van der Waals surface area (Å²) in [5.74, 6) is 0.598. The van der Waals surface area contributed by atoms with E-state index in [1.165, 1.54) is 70.6 Å².